The van der Waals surface area contributed by atoms with Crippen LogP contribution in [0.4, 0.5) is 10.2 Å². The third kappa shape index (κ3) is 3.52. The number of H-pyrrole nitrogens is 1. The second-order valence-electron chi connectivity index (χ2n) is 8.10. The molecule has 3 aromatic rings. The molecule has 158 valence electrons. The molecule has 1 saturated carbocycles. The number of benzene rings is 1. The van der Waals surface area contributed by atoms with Gasteiger partial charge in [0.15, 0.2) is 0 Å². The molecule has 0 atom stereocenters. The highest BCUT2D eigenvalue weighted by Crippen LogP contribution is 2.45. The Labute approximate surface area is 174 Å². The summed E-state index contributed by atoms with van der Waals surface area (Å²) in [6.07, 6.45) is 1.50. The minimum atomic E-state index is -0.617. The lowest BCUT2D eigenvalue weighted by Crippen LogP contribution is -2.22. The number of fused-ring (bicyclic) bond motifs is 1. The van der Waals surface area contributed by atoms with E-state index < -0.39 is 17.3 Å². The minimum absolute atomic E-state index is 0.145. The summed E-state index contributed by atoms with van der Waals surface area (Å²) in [4.78, 5) is 25.0. The largest absolute Gasteiger partial charge is 0.462 e. The molecule has 8 heteroatoms. The molecule has 1 aliphatic carbocycles. The zero-order valence-corrected chi connectivity index (χ0v) is 17.6. The van der Waals surface area contributed by atoms with E-state index in [0.29, 0.717) is 33.8 Å². The van der Waals surface area contributed by atoms with Crippen molar-refractivity contribution < 1.29 is 13.9 Å². The highest BCUT2D eigenvalue weighted by atomic mass is 19.1. The first-order valence-electron chi connectivity index (χ1n) is 10.2. The molecule has 2 aromatic heterocycles. The van der Waals surface area contributed by atoms with Crippen LogP contribution in [0.3, 0.4) is 0 Å². The van der Waals surface area contributed by atoms with Crippen molar-refractivity contribution >= 4 is 22.8 Å². The quantitative estimate of drug-likeness (QED) is 0.529. The highest BCUT2D eigenvalue weighted by Gasteiger charge is 2.44. The number of aromatic amines is 1. The van der Waals surface area contributed by atoms with E-state index >= 15 is 4.39 Å². The third-order valence-electron chi connectivity index (χ3n) is 5.25. The molecule has 1 aliphatic rings. The smallest absolute Gasteiger partial charge is 0.340 e. The third-order valence-corrected chi connectivity index (χ3v) is 5.25. The summed E-state index contributed by atoms with van der Waals surface area (Å²) in [5, 5.41) is 3.25. The van der Waals surface area contributed by atoms with Gasteiger partial charge in [-0.05, 0) is 58.7 Å². The van der Waals surface area contributed by atoms with Gasteiger partial charge in [0, 0.05) is 6.04 Å². The molecular formula is C22H26FN5O2. The Morgan fingerprint density at radius 2 is 2.10 bits per heavy atom. The summed E-state index contributed by atoms with van der Waals surface area (Å²) >= 11 is 0. The highest BCUT2D eigenvalue weighted by molar-refractivity contribution is 5.97. The lowest BCUT2D eigenvalue weighted by Gasteiger charge is -2.14. The van der Waals surface area contributed by atoms with Gasteiger partial charge in [-0.2, -0.15) is 0 Å². The number of aryl methyl sites for hydroxylation is 1. The maximum Gasteiger partial charge on any atom is 0.340 e. The van der Waals surface area contributed by atoms with E-state index in [2.05, 4.69) is 20.3 Å². The first-order valence-corrected chi connectivity index (χ1v) is 10.2. The summed E-state index contributed by atoms with van der Waals surface area (Å²) < 4.78 is 20.2. The van der Waals surface area contributed by atoms with Crippen molar-refractivity contribution in [3.63, 3.8) is 0 Å². The van der Waals surface area contributed by atoms with Gasteiger partial charge in [-0.25, -0.2) is 19.2 Å². The van der Waals surface area contributed by atoms with E-state index in [9.17, 15) is 4.79 Å². The molecule has 0 amide bonds. The van der Waals surface area contributed by atoms with Gasteiger partial charge in [0.2, 0.25) is 0 Å². The predicted octanol–water partition coefficient (Wildman–Crippen LogP) is 4.02. The molecule has 1 aromatic carbocycles. The van der Waals surface area contributed by atoms with Gasteiger partial charge in [0.25, 0.3) is 0 Å². The van der Waals surface area contributed by atoms with Gasteiger partial charge in [-0.3, -0.25) is 0 Å². The fourth-order valence-electron chi connectivity index (χ4n) is 3.59. The van der Waals surface area contributed by atoms with Crippen LogP contribution in [-0.4, -0.2) is 33.6 Å². The Morgan fingerprint density at radius 3 is 2.73 bits per heavy atom. The lowest BCUT2D eigenvalue weighted by molar-refractivity contribution is 0.0524. The van der Waals surface area contributed by atoms with E-state index in [0.717, 1.165) is 18.5 Å². The molecule has 4 N–H and O–H groups in total. The average Bonchev–Trinajstić information content (AvgIpc) is 3.26. The number of rotatable bonds is 6. The first-order chi connectivity index (χ1) is 14.2. The van der Waals surface area contributed by atoms with E-state index in [1.165, 1.54) is 6.07 Å². The Balaban J connectivity index is 1.92. The number of hydrogen-bond acceptors (Lipinski definition) is 6. The van der Waals surface area contributed by atoms with Crippen LogP contribution < -0.4 is 11.1 Å². The average molecular weight is 411 g/mol. The number of ether oxygens (including phenoxy) is 1. The van der Waals surface area contributed by atoms with Crippen LogP contribution in [0.1, 0.15) is 55.4 Å². The van der Waals surface area contributed by atoms with Gasteiger partial charge in [0.1, 0.15) is 17.2 Å². The van der Waals surface area contributed by atoms with Gasteiger partial charge in [-0.15, -0.1) is 0 Å². The summed E-state index contributed by atoms with van der Waals surface area (Å²) in [6.45, 7) is 7.84. The second kappa shape index (κ2) is 7.36. The molecule has 30 heavy (non-hydrogen) atoms. The molecule has 2 heterocycles. The zero-order chi connectivity index (χ0) is 21.6. The van der Waals surface area contributed by atoms with E-state index in [1.807, 2.05) is 20.8 Å². The van der Waals surface area contributed by atoms with Gasteiger partial charge in [-0.1, -0.05) is 0 Å². The van der Waals surface area contributed by atoms with Crippen LogP contribution in [0, 0.1) is 12.7 Å². The number of nitrogens with zero attached hydrogens (tertiary/aromatic N) is 2. The van der Waals surface area contributed by atoms with Crippen molar-refractivity contribution in [2.75, 3.05) is 11.9 Å². The number of carbonyl (C=O) groups is 1. The van der Waals surface area contributed by atoms with E-state index in [1.54, 1.807) is 19.1 Å². The number of nitrogens with two attached hydrogens (primary N) is 1. The van der Waals surface area contributed by atoms with Crippen LogP contribution in [-0.2, 0) is 10.3 Å². The normalized spacial score (nSPS) is 14.9. The van der Waals surface area contributed by atoms with Crippen molar-refractivity contribution in [3.8, 4) is 11.3 Å². The van der Waals surface area contributed by atoms with Gasteiger partial charge < -0.3 is 20.8 Å². The molecular weight excluding hydrogens is 385 g/mol. The maximum atomic E-state index is 15.0. The SMILES string of the molecule is CCOC(=O)c1cc(-c2c(F)ccc3nc(C)c(NC(C)C)nc23)[nH]c1C1(N)CC1. The number of aromatic nitrogens is 3. The minimum Gasteiger partial charge on any atom is -0.462 e. The molecule has 0 spiro atoms. The van der Waals surface area contributed by atoms with Gasteiger partial charge >= 0.3 is 5.97 Å². The second-order valence-corrected chi connectivity index (χ2v) is 8.10. The summed E-state index contributed by atoms with van der Waals surface area (Å²) in [5.41, 5.74) is 9.07. The fraction of sp³-hybridized carbons (Fsp3) is 0.409. The predicted molar refractivity (Wildman–Crippen MR) is 114 cm³/mol. The van der Waals surface area contributed by atoms with Gasteiger partial charge in [0.05, 0.1) is 45.9 Å². The standard InChI is InChI=1S/C22H26FN5O2/c1-5-30-21(29)13-10-16(27-19(13)22(24)8-9-22)17-14(23)6-7-15-18(17)28-20(12(4)26-15)25-11(2)3/h6-7,10-11,27H,5,8-9,24H2,1-4H3,(H,25,28). The zero-order valence-electron chi connectivity index (χ0n) is 17.6. The molecule has 0 bridgehead atoms. The Hall–Kier alpha value is -3.00. The van der Waals surface area contributed by atoms with Crippen LogP contribution in [0.25, 0.3) is 22.3 Å². The molecule has 4 rings (SSSR count). The molecule has 1 fully saturated rings. The first kappa shape index (κ1) is 20.3. The van der Waals surface area contributed by atoms with Crippen LogP contribution >= 0.6 is 0 Å². The maximum absolute atomic E-state index is 15.0. The fourth-order valence-corrected chi connectivity index (χ4v) is 3.59. The molecule has 7 nitrogen and oxygen atoms in total. The number of esters is 1. The number of carbonyl (C=O) groups excluding carboxylic acids is 1. The Kier molecular flexibility index (Phi) is 4.97. The van der Waals surface area contributed by atoms with Crippen LogP contribution in [0.5, 0.6) is 0 Å². The van der Waals surface area contributed by atoms with Crippen molar-refractivity contribution in [2.45, 2.75) is 52.1 Å². The molecule has 0 saturated heterocycles. The van der Waals surface area contributed by atoms with Crippen molar-refractivity contribution in [1.29, 1.82) is 0 Å². The number of hydrogen-bond donors (Lipinski definition) is 3. The topological polar surface area (TPSA) is 106 Å². The molecule has 0 aliphatic heterocycles. The van der Waals surface area contributed by atoms with E-state index in [4.69, 9.17) is 10.5 Å². The Morgan fingerprint density at radius 1 is 1.37 bits per heavy atom. The van der Waals surface area contributed by atoms with Crippen LogP contribution in [0.2, 0.25) is 0 Å². The summed E-state index contributed by atoms with van der Waals surface area (Å²) in [6, 6.07) is 4.72. The van der Waals surface area contributed by atoms with Crippen molar-refractivity contribution in [2.24, 2.45) is 5.73 Å². The number of nitrogens with one attached hydrogen (secondary N) is 2. The van der Waals surface area contributed by atoms with Crippen LogP contribution in [0.15, 0.2) is 18.2 Å². The molecule has 0 radical (unpaired) electrons. The number of halogens is 1. The van der Waals surface area contributed by atoms with Crippen molar-refractivity contribution in [1.82, 2.24) is 15.0 Å². The summed E-state index contributed by atoms with van der Waals surface area (Å²) in [5.74, 6) is -0.336. The lowest BCUT2D eigenvalue weighted by atomic mass is 10.1. The monoisotopic (exact) mass is 411 g/mol. The van der Waals surface area contributed by atoms with E-state index in [-0.39, 0.29) is 18.2 Å². The summed E-state index contributed by atoms with van der Waals surface area (Å²) in [7, 11) is 0. The van der Waals surface area contributed by atoms with Crippen molar-refractivity contribution in [3.05, 3.63) is 41.0 Å². The number of anilines is 1. The Bertz CT molecular complexity index is 1130. The molecule has 0 unspecified atom stereocenters.